The van der Waals surface area contributed by atoms with E-state index in [-0.39, 0.29) is 5.56 Å². The average molecular weight is 296 g/mol. The van der Waals surface area contributed by atoms with Gasteiger partial charge in [-0.1, -0.05) is 12.2 Å². The summed E-state index contributed by atoms with van der Waals surface area (Å²) in [5.74, 6) is -0.814. The van der Waals surface area contributed by atoms with Crippen LogP contribution in [-0.4, -0.2) is 21.4 Å². The molecule has 0 radical (unpaired) electrons. The predicted octanol–water partition coefficient (Wildman–Crippen LogP) is 2.49. The van der Waals surface area contributed by atoms with Crippen LogP contribution in [0.4, 0.5) is 4.39 Å². The Morgan fingerprint density at radius 1 is 1.50 bits per heavy atom. The van der Waals surface area contributed by atoms with Crippen molar-refractivity contribution in [2.24, 2.45) is 0 Å². The Balaban J connectivity index is 1.83. The number of nitrogens with zero attached hydrogens (tertiary/aromatic N) is 1. The second-order valence-electron chi connectivity index (χ2n) is 3.88. The van der Waals surface area contributed by atoms with Gasteiger partial charge >= 0.3 is 5.97 Å². The van der Waals surface area contributed by atoms with Crippen LogP contribution in [0.3, 0.4) is 0 Å². The van der Waals surface area contributed by atoms with Crippen LogP contribution in [0.25, 0.3) is 0 Å². The van der Waals surface area contributed by atoms with Gasteiger partial charge in [-0.25, -0.2) is 9.18 Å². The summed E-state index contributed by atoms with van der Waals surface area (Å²) in [6, 6.07) is 3.78. The van der Waals surface area contributed by atoms with E-state index in [0.29, 0.717) is 17.7 Å². The molecule has 7 heteroatoms. The molecule has 106 valence electrons. The molecule has 0 aromatic heterocycles. The SMILES string of the molecule is O=C(O)c1ccc(F)c(CC=CCSN2NC=CO2)c1. The number of hydrogen-bond acceptors (Lipinski definition) is 5. The van der Waals surface area contributed by atoms with Crippen LogP contribution in [0.2, 0.25) is 0 Å². The zero-order chi connectivity index (χ0) is 14.4. The number of benzene rings is 1. The fourth-order valence-corrected chi connectivity index (χ4v) is 2.13. The minimum atomic E-state index is -1.06. The number of rotatable bonds is 6. The molecular weight excluding hydrogens is 283 g/mol. The summed E-state index contributed by atoms with van der Waals surface area (Å²) in [6.45, 7) is 0. The normalized spacial score (nSPS) is 14.4. The summed E-state index contributed by atoms with van der Waals surface area (Å²) in [7, 11) is 0. The highest BCUT2D eigenvalue weighted by Gasteiger charge is 2.07. The first-order valence-electron chi connectivity index (χ1n) is 5.84. The fraction of sp³-hybridized carbons (Fsp3) is 0.154. The number of nitrogens with one attached hydrogen (secondary N) is 1. The molecule has 1 aliphatic heterocycles. The van der Waals surface area contributed by atoms with E-state index in [1.54, 1.807) is 12.3 Å². The van der Waals surface area contributed by atoms with Gasteiger partial charge in [0.25, 0.3) is 0 Å². The molecule has 0 amide bonds. The first kappa shape index (κ1) is 14.4. The molecule has 0 saturated heterocycles. The Bertz CT molecular complexity index is 540. The quantitative estimate of drug-likeness (QED) is 0.621. The Morgan fingerprint density at radius 3 is 3.05 bits per heavy atom. The van der Waals surface area contributed by atoms with Crippen molar-refractivity contribution in [3.63, 3.8) is 0 Å². The lowest BCUT2D eigenvalue weighted by Crippen LogP contribution is -2.20. The summed E-state index contributed by atoms with van der Waals surface area (Å²) in [5, 5.41) is 8.86. The Kier molecular flexibility index (Phi) is 5.03. The zero-order valence-electron chi connectivity index (χ0n) is 10.5. The maximum atomic E-state index is 13.5. The van der Waals surface area contributed by atoms with Gasteiger partial charge in [-0.3, -0.25) is 5.43 Å². The molecule has 0 fully saturated rings. The molecule has 1 aliphatic rings. The number of carboxylic acid groups (broad SMARTS) is 1. The molecule has 0 atom stereocenters. The molecule has 0 unspecified atom stereocenters. The van der Waals surface area contributed by atoms with Gasteiger partial charge in [0.2, 0.25) is 0 Å². The first-order valence-corrected chi connectivity index (χ1v) is 6.79. The van der Waals surface area contributed by atoms with Crippen LogP contribution in [0.15, 0.2) is 42.8 Å². The molecular formula is C13H13FN2O3S. The van der Waals surface area contributed by atoms with E-state index < -0.39 is 11.8 Å². The molecule has 0 bridgehead atoms. The van der Waals surface area contributed by atoms with Crippen molar-refractivity contribution in [1.29, 1.82) is 0 Å². The number of aromatic carboxylic acids is 1. The molecule has 0 aliphatic carbocycles. The highest BCUT2D eigenvalue weighted by Crippen LogP contribution is 2.14. The predicted molar refractivity (Wildman–Crippen MR) is 73.9 cm³/mol. The van der Waals surface area contributed by atoms with Crippen LogP contribution in [-0.2, 0) is 11.3 Å². The van der Waals surface area contributed by atoms with E-state index in [1.807, 2.05) is 6.08 Å². The van der Waals surface area contributed by atoms with Crippen LogP contribution < -0.4 is 5.43 Å². The summed E-state index contributed by atoms with van der Waals surface area (Å²) in [4.78, 5) is 15.8. The average Bonchev–Trinajstić information content (AvgIpc) is 2.93. The number of halogens is 1. The summed E-state index contributed by atoms with van der Waals surface area (Å²) >= 11 is 1.39. The molecule has 2 rings (SSSR count). The van der Waals surface area contributed by atoms with Gasteiger partial charge in [-0.15, -0.1) is 0 Å². The molecule has 1 heterocycles. The van der Waals surface area contributed by atoms with Crippen molar-refractivity contribution in [2.75, 3.05) is 5.75 Å². The fourth-order valence-electron chi connectivity index (χ4n) is 1.53. The second kappa shape index (κ2) is 6.97. The van der Waals surface area contributed by atoms with Crippen molar-refractivity contribution >= 4 is 17.9 Å². The lowest BCUT2D eigenvalue weighted by atomic mass is 10.1. The lowest BCUT2D eigenvalue weighted by Gasteiger charge is -2.10. The van der Waals surface area contributed by atoms with E-state index in [1.165, 1.54) is 41.0 Å². The molecule has 20 heavy (non-hydrogen) atoms. The highest BCUT2D eigenvalue weighted by molar-refractivity contribution is 7.96. The third kappa shape index (κ3) is 4.01. The number of allylic oxidation sites excluding steroid dienone is 1. The zero-order valence-corrected chi connectivity index (χ0v) is 11.3. The monoisotopic (exact) mass is 296 g/mol. The number of hydrogen-bond donors (Lipinski definition) is 2. The Morgan fingerprint density at radius 2 is 2.35 bits per heavy atom. The van der Waals surface area contributed by atoms with E-state index in [4.69, 9.17) is 9.94 Å². The highest BCUT2D eigenvalue weighted by atomic mass is 32.2. The first-order chi connectivity index (χ1) is 9.66. The molecule has 0 spiro atoms. The summed E-state index contributed by atoms with van der Waals surface area (Å²) in [6.07, 6.45) is 7.18. The minimum Gasteiger partial charge on any atom is -0.478 e. The Labute approximate surface area is 119 Å². The number of carbonyl (C=O) groups is 1. The van der Waals surface area contributed by atoms with Crippen LogP contribution in [0, 0.1) is 5.82 Å². The van der Waals surface area contributed by atoms with Gasteiger partial charge in [0.1, 0.15) is 12.1 Å². The largest absolute Gasteiger partial charge is 0.478 e. The van der Waals surface area contributed by atoms with Gasteiger partial charge < -0.3 is 9.94 Å². The lowest BCUT2D eigenvalue weighted by molar-refractivity contribution is -0.00807. The van der Waals surface area contributed by atoms with Crippen molar-refractivity contribution in [2.45, 2.75) is 6.42 Å². The van der Waals surface area contributed by atoms with E-state index in [0.717, 1.165) is 0 Å². The third-order valence-electron chi connectivity index (χ3n) is 2.49. The maximum absolute atomic E-state index is 13.5. The standard InChI is InChI=1S/C13H13FN2O3S/c14-12-5-4-11(13(17)18)9-10(12)3-1-2-8-20-16-15-6-7-19-16/h1-2,4-7,9,15H,3,8H2,(H,17,18). The summed E-state index contributed by atoms with van der Waals surface area (Å²) < 4.78 is 15.0. The van der Waals surface area contributed by atoms with Gasteiger partial charge in [0.15, 0.2) is 0 Å². The number of carboxylic acids is 1. The van der Waals surface area contributed by atoms with Crippen LogP contribution >= 0.6 is 11.9 Å². The summed E-state index contributed by atoms with van der Waals surface area (Å²) in [5.41, 5.74) is 3.28. The van der Waals surface area contributed by atoms with Crippen LogP contribution in [0.1, 0.15) is 15.9 Å². The third-order valence-corrected chi connectivity index (χ3v) is 3.26. The molecule has 1 aromatic rings. The van der Waals surface area contributed by atoms with E-state index >= 15 is 0 Å². The Hall–Kier alpha value is -1.99. The van der Waals surface area contributed by atoms with Crippen molar-refractivity contribution in [1.82, 2.24) is 10.0 Å². The van der Waals surface area contributed by atoms with Gasteiger partial charge in [-0.05, 0) is 42.1 Å². The number of hydrazine groups is 1. The van der Waals surface area contributed by atoms with Crippen LogP contribution in [0.5, 0.6) is 0 Å². The smallest absolute Gasteiger partial charge is 0.335 e. The second-order valence-corrected chi connectivity index (χ2v) is 4.80. The minimum absolute atomic E-state index is 0.0879. The molecule has 2 N–H and O–H groups in total. The maximum Gasteiger partial charge on any atom is 0.335 e. The van der Waals surface area contributed by atoms with Crippen molar-refractivity contribution < 1.29 is 19.1 Å². The topological polar surface area (TPSA) is 61.8 Å². The van der Waals surface area contributed by atoms with Crippen molar-refractivity contribution in [3.05, 3.63) is 59.8 Å². The van der Waals surface area contributed by atoms with E-state index in [9.17, 15) is 9.18 Å². The van der Waals surface area contributed by atoms with Gasteiger partial charge in [0.05, 0.1) is 11.8 Å². The molecule has 0 saturated carbocycles. The van der Waals surface area contributed by atoms with E-state index in [2.05, 4.69) is 5.43 Å². The van der Waals surface area contributed by atoms with Gasteiger partial charge in [-0.2, -0.15) is 0 Å². The van der Waals surface area contributed by atoms with Crippen molar-refractivity contribution in [3.8, 4) is 0 Å². The van der Waals surface area contributed by atoms with Gasteiger partial charge in [0, 0.05) is 10.3 Å². The molecule has 5 nitrogen and oxygen atoms in total. The molecule has 1 aromatic carbocycles.